The number of sulfonamides is 1. The lowest BCUT2D eigenvalue weighted by Gasteiger charge is -2.35. The minimum absolute atomic E-state index is 0.00396. The second-order valence-corrected chi connectivity index (χ2v) is 7.14. The van der Waals surface area contributed by atoms with Crippen molar-refractivity contribution in [2.75, 3.05) is 45.6 Å². The van der Waals surface area contributed by atoms with Crippen LogP contribution in [0.3, 0.4) is 0 Å². The topological polar surface area (TPSA) is 66.9 Å². The van der Waals surface area contributed by atoms with Crippen molar-refractivity contribution in [3.05, 3.63) is 0 Å². The number of amides is 1. The van der Waals surface area contributed by atoms with E-state index < -0.39 is 10.0 Å². The monoisotopic (exact) mass is 306 g/mol. The molecule has 1 saturated heterocycles. The van der Waals surface area contributed by atoms with E-state index in [0.717, 1.165) is 12.8 Å². The zero-order valence-electron chi connectivity index (χ0n) is 12.7. The number of methoxy groups -OCH3 is 1. The predicted octanol–water partition coefficient (Wildman–Crippen LogP) is 0.543. The van der Waals surface area contributed by atoms with E-state index in [4.69, 9.17) is 4.74 Å². The second kappa shape index (κ2) is 7.95. The van der Waals surface area contributed by atoms with Gasteiger partial charge in [0.1, 0.15) is 0 Å². The Bertz CT molecular complexity index is 399. The molecule has 0 bridgehead atoms. The molecule has 1 fully saturated rings. The summed E-state index contributed by atoms with van der Waals surface area (Å²) in [6.07, 6.45) is 1.67. The smallest absolute Gasteiger partial charge is 0.225 e. The molecule has 0 atom stereocenters. The van der Waals surface area contributed by atoms with Crippen molar-refractivity contribution < 1.29 is 17.9 Å². The van der Waals surface area contributed by atoms with E-state index in [1.807, 2.05) is 13.8 Å². The van der Waals surface area contributed by atoms with Crippen molar-refractivity contribution in [1.29, 1.82) is 0 Å². The Labute approximate surface area is 122 Å². The Balaban J connectivity index is 2.53. The number of carbonyl (C=O) groups is 1. The molecule has 118 valence electrons. The Hall–Kier alpha value is -0.660. The zero-order chi connectivity index (χ0) is 15.2. The van der Waals surface area contributed by atoms with Crippen LogP contribution in [-0.2, 0) is 19.6 Å². The Kier molecular flexibility index (Phi) is 6.91. The summed E-state index contributed by atoms with van der Waals surface area (Å²) in [5.41, 5.74) is 0. The lowest BCUT2D eigenvalue weighted by Crippen LogP contribution is -2.52. The number of carbonyl (C=O) groups excluding carboxylic acids is 1. The number of rotatable bonds is 7. The molecule has 1 amide bonds. The first-order valence-electron chi connectivity index (χ1n) is 7.21. The first-order valence-corrected chi connectivity index (χ1v) is 8.82. The molecule has 6 nitrogen and oxygen atoms in total. The summed E-state index contributed by atoms with van der Waals surface area (Å²) in [6.45, 7) is 5.98. The van der Waals surface area contributed by atoms with Gasteiger partial charge in [-0.25, -0.2) is 8.42 Å². The van der Waals surface area contributed by atoms with Gasteiger partial charge in [-0.15, -0.1) is 0 Å². The van der Waals surface area contributed by atoms with Gasteiger partial charge in [-0.2, -0.15) is 4.31 Å². The summed E-state index contributed by atoms with van der Waals surface area (Å²) >= 11 is 0. The lowest BCUT2D eigenvalue weighted by atomic mass is 10.0. The fourth-order valence-electron chi connectivity index (χ4n) is 2.40. The van der Waals surface area contributed by atoms with Gasteiger partial charge in [0.2, 0.25) is 15.9 Å². The normalized spacial score (nSPS) is 17.7. The molecule has 0 N–H and O–H groups in total. The van der Waals surface area contributed by atoms with Gasteiger partial charge in [0.25, 0.3) is 0 Å². The fourth-order valence-corrected chi connectivity index (χ4v) is 3.76. The average molecular weight is 306 g/mol. The van der Waals surface area contributed by atoms with Crippen molar-refractivity contribution in [2.45, 2.75) is 26.7 Å². The summed E-state index contributed by atoms with van der Waals surface area (Å²) in [5.74, 6) is 0.222. The summed E-state index contributed by atoms with van der Waals surface area (Å²) < 4.78 is 30.3. The molecule has 0 aromatic carbocycles. The molecule has 0 unspecified atom stereocenters. The van der Waals surface area contributed by atoms with E-state index in [-0.39, 0.29) is 24.2 Å². The third kappa shape index (κ3) is 4.43. The van der Waals surface area contributed by atoms with Crippen LogP contribution in [0.4, 0.5) is 0 Å². The van der Waals surface area contributed by atoms with Crippen LogP contribution in [0.1, 0.15) is 26.7 Å². The molecule has 7 heteroatoms. The number of nitrogens with zero attached hydrogens (tertiary/aromatic N) is 2. The summed E-state index contributed by atoms with van der Waals surface area (Å²) in [4.78, 5) is 14.0. The quantitative estimate of drug-likeness (QED) is 0.688. The van der Waals surface area contributed by atoms with Crippen molar-refractivity contribution in [2.24, 2.45) is 5.92 Å². The van der Waals surface area contributed by atoms with E-state index >= 15 is 0 Å². The second-order valence-electron chi connectivity index (χ2n) is 5.05. The maximum absolute atomic E-state index is 12.2. The van der Waals surface area contributed by atoms with Crippen molar-refractivity contribution in [1.82, 2.24) is 9.21 Å². The van der Waals surface area contributed by atoms with Crippen LogP contribution in [0.5, 0.6) is 0 Å². The van der Waals surface area contributed by atoms with Gasteiger partial charge in [-0.1, -0.05) is 13.8 Å². The van der Waals surface area contributed by atoms with E-state index in [1.54, 1.807) is 4.90 Å². The molecule has 0 radical (unpaired) electrons. The van der Waals surface area contributed by atoms with E-state index in [1.165, 1.54) is 11.4 Å². The van der Waals surface area contributed by atoms with Gasteiger partial charge in [-0.05, 0) is 12.8 Å². The maximum atomic E-state index is 12.2. The zero-order valence-corrected chi connectivity index (χ0v) is 13.5. The minimum Gasteiger partial charge on any atom is -0.384 e. The molecule has 0 aliphatic carbocycles. The van der Waals surface area contributed by atoms with Crippen LogP contribution in [0.15, 0.2) is 0 Å². The van der Waals surface area contributed by atoms with Gasteiger partial charge in [0.15, 0.2) is 0 Å². The highest BCUT2D eigenvalue weighted by Gasteiger charge is 2.30. The largest absolute Gasteiger partial charge is 0.384 e. The van der Waals surface area contributed by atoms with E-state index in [2.05, 4.69) is 0 Å². The standard InChI is InChI=1S/C13H26N2O4S/c1-4-12(5-2)13(16)14-6-8-15(9-7-14)20(17,18)11-10-19-3/h12H,4-11H2,1-3H3. The van der Waals surface area contributed by atoms with Crippen molar-refractivity contribution in [3.63, 3.8) is 0 Å². The predicted molar refractivity (Wildman–Crippen MR) is 77.9 cm³/mol. The molecule has 0 aromatic rings. The van der Waals surface area contributed by atoms with Crippen LogP contribution in [0, 0.1) is 5.92 Å². The van der Waals surface area contributed by atoms with Crippen LogP contribution in [0.25, 0.3) is 0 Å². The third-order valence-electron chi connectivity index (χ3n) is 3.82. The highest BCUT2D eigenvalue weighted by atomic mass is 32.2. The minimum atomic E-state index is -3.26. The highest BCUT2D eigenvalue weighted by Crippen LogP contribution is 2.15. The number of hydrogen-bond acceptors (Lipinski definition) is 4. The molecule has 0 saturated carbocycles. The molecule has 20 heavy (non-hydrogen) atoms. The molecular formula is C13H26N2O4S. The Morgan fingerprint density at radius 3 is 2.15 bits per heavy atom. The first kappa shape index (κ1) is 17.4. The van der Waals surface area contributed by atoms with Crippen LogP contribution >= 0.6 is 0 Å². The van der Waals surface area contributed by atoms with Gasteiger partial charge in [0.05, 0.1) is 12.4 Å². The number of ether oxygens (including phenoxy) is 1. The molecule has 0 spiro atoms. The van der Waals surface area contributed by atoms with Crippen LogP contribution < -0.4 is 0 Å². The molecular weight excluding hydrogens is 280 g/mol. The number of hydrogen-bond donors (Lipinski definition) is 0. The van der Waals surface area contributed by atoms with E-state index in [0.29, 0.717) is 26.2 Å². The fraction of sp³-hybridized carbons (Fsp3) is 0.923. The molecule has 0 aromatic heterocycles. The van der Waals surface area contributed by atoms with Gasteiger partial charge >= 0.3 is 0 Å². The molecule has 1 aliphatic heterocycles. The Morgan fingerprint density at radius 2 is 1.70 bits per heavy atom. The third-order valence-corrected chi connectivity index (χ3v) is 5.66. The van der Waals surface area contributed by atoms with Crippen LogP contribution in [0.2, 0.25) is 0 Å². The molecule has 1 heterocycles. The lowest BCUT2D eigenvalue weighted by molar-refractivity contribution is -0.136. The average Bonchev–Trinajstić information content (AvgIpc) is 2.46. The van der Waals surface area contributed by atoms with Crippen molar-refractivity contribution >= 4 is 15.9 Å². The van der Waals surface area contributed by atoms with Gasteiger partial charge in [0, 0.05) is 39.2 Å². The summed E-state index contributed by atoms with van der Waals surface area (Å²) in [7, 11) is -1.77. The SMILES string of the molecule is CCC(CC)C(=O)N1CCN(S(=O)(=O)CCOC)CC1. The van der Waals surface area contributed by atoms with Crippen LogP contribution in [-0.4, -0.2) is 69.2 Å². The summed E-state index contributed by atoms with van der Waals surface area (Å²) in [5, 5.41) is 0. The number of piperazine rings is 1. The van der Waals surface area contributed by atoms with Gasteiger partial charge in [-0.3, -0.25) is 4.79 Å². The van der Waals surface area contributed by atoms with Gasteiger partial charge < -0.3 is 9.64 Å². The first-order chi connectivity index (χ1) is 9.46. The molecule has 1 rings (SSSR count). The summed E-state index contributed by atoms with van der Waals surface area (Å²) in [6, 6.07) is 0. The van der Waals surface area contributed by atoms with E-state index in [9.17, 15) is 13.2 Å². The highest BCUT2D eigenvalue weighted by molar-refractivity contribution is 7.89. The molecule has 1 aliphatic rings. The maximum Gasteiger partial charge on any atom is 0.225 e. The van der Waals surface area contributed by atoms with Crippen molar-refractivity contribution in [3.8, 4) is 0 Å². The Morgan fingerprint density at radius 1 is 1.15 bits per heavy atom.